The van der Waals surface area contributed by atoms with Gasteiger partial charge in [-0.1, -0.05) is 48.5 Å². The van der Waals surface area contributed by atoms with Gasteiger partial charge in [0.25, 0.3) is 5.91 Å². The highest BCUT2D eigenvalue weighted by Gasteiger charge is 2.22. The molecule has 2 heterocycles. The standard InChI is InChI=1S/C28H27N3O4/c1-19(34-17-20-7-3-2-4-8-20)24(31-28(32)25-16-29-18-30-25)13-14-33-21-11-12-27-23(15-21)22-9-5-6-10-26(22)35-27/h2-12,15-16,18-19,24H,13-14,17H2,1H3,(H,29,30)(H,31,32)/t19-,24+/m0/s1. The van der Waals surface area contributed by atoms with E-state index in [1.54, 1.807) is 0 Å². The van der Waals surface area contributed by atoms with Gasteiger partial charge in [0.05, 0.1) is 37.9 Å². The monoisotopic (exact) mass is 469 g/mol. The van der Waals surface area contributed by atoms with Crippen molar-refractivity contribution >= 4 is 27.8 Å². The Morgan fingerprint density at radius 2 is 1.83 bits per heavy atom. The summed E-state index contributed by atoms with van der Waals surface area (Å²) < 4.78 is 18.1. The molecule has 7 heteroatoms. The summed E-state index contributed by atoms with van der Waals surface area (Å²) in [7, 11) is 0. The Morgan fingerprint density at radius 1 is 1.03 bits per heavy atom. The van der Waals surface area contributed by atoms with Crippen LogP contribution in [-0.2, 0) is 11.3 Å². The first-order chi connectivity index (χ1) is 17.2. The largest absolute Gasteiger partial charge is 0.493 e. The fourth-order valence-electron chi connectivity index (χ4n) is 4.07. The number of aromatic amines is 1. The van der Waals surface area contributed by atoms with Crippen molar-refractivity contribution in [1.29, 1.82) is 0 Å². The number of H-pyrrole nitrogens is 1. The van der Waals surface area contributed by atoms with Crippen molar-refractivity contribution in [2.75, 3.05) is 6.61 Å². The molecule has 35 heavy (non-hydrogen) atoms. The second-order valence-corrected chi connectivity index (χ2v) is 8.44. The number of hydrogen-bond acceptors (Lipinski definition) is 5. The summed E-state index contributed by atoms with van der Waals surface area (Å²) in [4.78, 5) is 19.5. The Balaban J connectivity index is 1.25. The van der Waals surface area contributed by atoms with E-state index < -0.39 is 0 Å². The third kappa shape index (κ3) is 5.36. The molecule has 0 unspecified atom stereocenters. The van der Waals surface area contributed by atoms with Crippen LogP contribution >= 0.6 is 0 Å². The normalized spacial score (nSPS) is 13.1. The van der Waals surface area contributed by atoms with E-state index in [9.17, 15) is 4.79 Å². The molecule has 0 radical (unpaired) electrons. The van der Waals surface area contributed by atoms with E-state index in [-0.39, 0.29) is 18.1 Å². The zero-order chi connectivity index (χ0) is 24.0. The first-order valence-corrected chi connectivity index (χ1v) is 11.7. The maximum Gasteiger partial charge on any atom is 0.269 e. The molecule has 2 N–H and O–H groups in total. The number of aromatic nitrogens is 2. The maximum absolute atomic E-state index is 12.7. The minimum Gasteiger partial charge on any atom is -0.493 e. The zero-order valence-electron chi connectivity index (χ0n) is 19.4. The van der Waals surface area contributed by atoms with Crippen molar-refractivity contribution in [3.63, 3.8) is 0 Å². The molecule has 0 aliphatic heterocycles. The van der Waals surface area contributed by atoms with Gasteiger partial charge in [-0.05, 0) is 36.8 Å². The first kappa shape index (κ1) is 22.7. The van der Waals surface area contributed by atoms with Gasteiger partial charge in [0.15, 0.2) is 0 Å². The predicted octanol–water partition coefficient (Wildman–Crippen LogP) is 5.48. The Kier molecular flexibility index (Phi) is 6.77. The summed E-state index contributed by atoms with van der Waals surface area (Å²) in [5, 5.41) is 5.13. The summed E-state index contributed by atoms with van der Waals surface area (Å²) in [6, 6.07) is 23.5. The molecule has 178 valence electrons. The van der Waals surface area contributed by atoms with Gasteiger partial charge in [-0.3, -0.25) is 4.79 Å². The van der Waals surface area contributed by atoms with Gasteiger partial charge in [0.2, 0.25) is 0 Å². The Morgan fingerprint density at radius 3 is 2.66 bits per heavy atom. The predicted molar refractivity (Wildman–Crippen MR) is 134 cm³/mol. The Hall–Kier alpha value is -4.10. The molecule has 0 saturated heterocycles. The van der Waals surface area contributed by atoms with Gasteiger partial charge in [-0.25, -0.2) is 4.98 Å². The number of amides is 1. The Labute approximate surface area is 203 Å². The quantitative estimate of drug-likeness (QED) is 0.283. The molecule has 0 bridgehead atoms. The highest BCUT2D eigenvalue weighted by Crippen LogP contribution is 2.31. The fraction of sp³-hybridized carbons (Fsp3) is 0.214. The third-order valence-electron chi connectivity index (χ3n) is 6.03. The lowest BCUT2D eigenvalue weighted by atomic mass is 10.1. The van der Waals surface area contributed by atoms with Gasteiger partial charge in [-0.2, -0.15) is 0 Å². The van der Waals surface area contributed by atoms with Gasteiger partial charge >= 0.3 is 0 Å². The number of hydrogen-bond donors (Lipinski definition) is 2. The molecule has 0 saturated carbocycles. The second-order valence-electron chi connectivity index (χ2n) is 8.44. The average molecular weight is 470 g/mol. The third-order valence-corrected chi connectivity index (χ3v) is 6.03. The minimum atomic E-state index is -0.256. The number of benzene rings is 3. The summed E-state index contributed by atoms with van der Waals surface area (Å²) in [6.07, 6.45) is 3.33. The lowest BCUT2D eigenvalue weighted by molar-refractivity contribution is 0.0212. The topological polar surface area (TPSA) is 89.4 Å². The van der Waals surface area contributed by atoms with Crippen LogP contribution in [0.2, 0.25) is 0 Å². The van der Waals surface area contributed by atoms with E-state index >= 15 is 0 Å². The molecule has 1 amide bonds. The molecule has 3 aromatic carbocycles. The lowest BCUT2D eigenvalue weighted by Crippen LogP contribution is -2.44. The molecule has 0 fully saturated rings. The molecular weight excluding hydrogens is 442 g/mol. The summed E-state index contributed by atoms with van der Waals surface area (Å²) in [6.45, 7) is 2.84. The molecule has 0 aliphatic carbocycles. The number of carbonyl (C=O) groups excluding carboxylic acids is 1. The molecule has 2 atom stereocenters. The van der Waals surface area contributed by atoms with Gasteiger partial charge in [0, 0.05) is 17.2 Å². The number of fused-ring (bicyclic) bond motifs is 3. The minimum absolute atomic E-state index is 0.228. The summed E-state index contributed by atoms with van der Waals surface area (Å²) in [5.74, 6) is 0.523. The molecule has 0 spiro atoms. The summed E-state index contributed by atoms with van der Waals surface area (Å²) >= 11 is 0. The molecule has 0 aliphatic rings. The highest BCUT2D eigenvalue weighted by molar-refractivity contribution is 6.05. The molecule has 5 aromatic rings. The smallest absolute Gasteiger partial charge is 0.269 e. The van der Waals surface area contributed by atoms with E-state index in [1.165, 1.54) is 12.5 Å². The number of nitrogens with one attached hydrogen (secondary N) is 2. The van der Waals surface area contributed by atoms with Crippen LogP contribution in [-0.4, -0.2) is 34.6 Å². The van der Waals surface area contributed by atoms with Crippen molar-refractivity contribution in [3.05, 3.63) is 96.6 Å². The summed E-state index contributed by atoms with van der Waals surface area (Å²) in [5.41, 5.74) is 3.16. The molecule has 5 rings (SSSR count). The highest BCUT2D eigenvalue weighted by atomic mass is 16.5. The van der Waals surface area contributed by atoms with Crippen LogP contribution in [0.4, 0.5) is 0 Å². The van der Waals surface area contributed by atoms with Crippen molar-refractivity contribution in [1.82, 2.24) is 15.3 Å². The maximum atomic E-state index is 12.7. The number of carbonyl (C=O) groups is 1. The van der Waals surface area contributed by atoms with Crippen LogP contribution in [0.15, 0.2) is 89.7 Å². The fourth-order valence-corrected chi connectivity index (χ4v) is 4.07. The van der Waals surface area contributed by atoms with Crippen LogP contribution in [0.1, 0.15) is 29.4 Å². The van der Waals surface area contributed by atoms with Gasteiger partial charge in [-0.15, -0.1) is 0 Å². The van der Waals surface area contributed by atoms with Crippen molar-refractivity contribution in [2.45, 2.75) is 32.1 Å². The van der Waals surface area contributed by atoms with Crippen LogP contribution in [0.5, 0.6) is 5.75 Å². The number of furan rings is 1. The lowest BCUT2D eigenvalue weighted by Gasteiger charge is -2.25. The van der Waals surface area contributed by atoms with Crippen molar-refractivity contribution < 1.29 is 18.7 Å². The van der Waals surface area contributed by atoms with Gasteiger partial charge < -0.3 is 24.2 Å². The van der Waals surface area contributed by atoms with E-state index in [4.69, 9.17) is 13.9 Å². The number of rotatable bonds is 10. The first-order valence-electron chi connectivity index (χ1n) is 11.7. The van der Waals surface area contributed by atoms with Gasteiger partial charge in [0.1, 0.15) is 22.6 Å². The number of imidazole rings is 1. The van der Waals surface area contributed by atoms with Crippen LogP contribution in [0.3, 0.4) is 0 Å². The molecule has 2 aromatic heterocycles. The van der Waals surface area contributed by atoms with E-state index in [0.29, 0.717) is 25.3 Å². The zero-order valence-corrected chi connectivity index (χ0v) is 19.4. The molecule has 7 nitrogen and oxygen atoms in total. The van der Waals surface area contributed by atoms with E-state index in [1.807, 2.05) is 79.7 Å². The van der Waals surface area contributed by atoms with E-state index in [0.717, 1.165) is 33.3 Å². The van der Waals surface area contributed by atoms with E-state index in [2.05, 4.69) is 15.3 Å². The number of para-hydroxylation sites is 1. The van der Waals surface area contributed by atoms with Crippen molar-refractivity contribution in [3.8, 4) is 5.75 Å². The molecular formula is C28H27N3O4. The Bertz CT molecular complexity index is 1400. The van der Waals surface area contributed by atoms with Crippen LogP contribution in [0.25, 0.3) is 21.9 Å². The number of ether oxygens (including phenoxy) is 2. The van der Waals surface area contributed by atoms with Crippen LogP contribution < -0.4 is 10.1 Å². The SMILES string of the molecule is C[C@H](OCc1ccccc1)[C@@H](CCOc1ccc2oc3ccccc3c2c1)NC(=O)c1cnc[nH]1. The van der Waals surface area contributed by atoms with Crippen LogP contribution in [0, 0.1) is 0 Å². The van der Waals surface area contributed by atoms with Crippen molar-refractivity contribution in [2.24, 2.45) is 0 Å². The second kappa shape index (κ2) is 10.4. The average Bonchev–Trinajstić information content (AvgIpc) is 3.56. The number of nitrogens with zero attached hydrogens (tertiary/aromatic N) is 1.